The number of ketones is 1. The molecule has 0 saturated carbocycles. The van der Waals surface area contributed by atoms with Crippen LogP contribution in [0, 0.1) is 0 Å². The summed E-state index contributed by atoms with van der Waals surface area (Å²) in [6, 6.07) is 11.3. The number of nitrogens with zero attached hydrogens (tertiary/aromatic N) is 1. The standard InChI is InChI=1S/C21H23N3O4S/c1-22-23-11-13-5-7-14(8-6-13)21-24-16(12-29-21)19(25)15-9-17(26-2)20(28-4)18(10-15)27-3/h5-10,12,22-23H,11H2,1-4H3. The first kappa shape index (κ1) is 20.8. The molecule has 1 heterocycles. The van der Waals surface area contributed by atoms with E-state index in [-0.39, 0.29) is 5.78 Å². The van der Waals surface area contributed by atoms with E-state index in [0.29, 0.717) is 28.5 Å². The second-order valence-corrected chi connectivity index (χ2v) is 6.94. The fourth-order valence-corrected chi connectivity index (χ4v) is 3.63. The Balaban J connectivity index is 1.86. The van der Waals surface area contributed by atoms with Crippen molar-refractivity contribution in [2.24, 2.45) is 0 Å². The topological polar surface area (TPSA) is 81.7 Å². The van der Waals surface area contributed by atoms with E-state index in [2.05, 4.69) is 15.8 Å². The molecular weight excluding hydrogens is 390 g/mol. The number of hydrogen-bond donors (Lipinski definition) is 2. The second kappa shape index (κ2) is 9.51. The van der Waals surface area contributed by atoms with Crippen LogP contribution in [0.5, 0.6) is 17.2 Å². The first-order chi connectivity index (χ1) is 14.1. The van der Waals surface area contributed by atoms with E-state index in [1.807, 2.05) is 31.3 Å². The first-order valence-electron chi connectivity index (χ1n) is 8.90. The number of carbonyl (C=O) groups excluding carboxylic acids is 1. The van der Waals surface area contributed by atoms with Crippen molar-refractivity contribution in [3.63, 3.8) is 0 Å². The molecule has 8 heteroatoms. The molecule has 7 nitrogen and oxygen atoms in total. The summed E-state index contributed by atoms with van der Waals surface area (Å²) < 4.78 is 16.0. The van der Waals surface area contributed by atoms with Gasteiger partial charge in [0, 0.05) is 23.1 Å². The molecule has 0 saturated heterocycles. The highest BCUT2D eigenvalue weighted by atomic mass is 32.1. The summed E-state index contributed by atoms with van der Waals surface area (Å²) in [4.78, 5) is 17.5. The minimum absolute atomic E-state index is 0.207. The van der Waals surface area contributed by atoms with E-state index in [1.165, 1.54) is 32.7 Å². The Morgan fingerprint density at radius 3 is 2.24 bits per heavy atom. The smallest absolute Gasteiger partial charge is 0.212 e. The van der Waals surface area contributed by atoms with Crippen LogP contribution in [-0.4, -0.2) is 39.1 Å². The van der Waals surface area contributed by atoms with Crippen LogP contribution in [0.3, 0.4) is 0 Å². The predicted octanol–water partition coefficient (Wildman–Crippen LogP) is 3.29. The number of hydrazine groups is 1. The number of nitrogens with one attached hydrogen (secondary N) is 2. The normalized spacial score (nSPS) is 10.6. The summed E-state index contributed by atoms with van der Waals surface area (Å²) in [5.74, 6) is 1.09. The molecule has 0 aliphatic rings. The van der Waals surface area contributed by atoms with Gasteiger partial charge in [0.15, 0.2) is 11.5 Å². The van der Waals surface area contributed by atoms with Gasteiger partial charge in [-0.2, -0.15) is 0 Å². The number of aromatic nitrogens is 1. The minimum atomic E-state index is -0.207. The van der Waals surface area contributed by atoms with E-state index in [9.17, 15) is 4.79 Å². The van der Waals surface area contributed by atoms with Gasteiger partial charge in [-0.15, -0.1) is 11.3 Å². The molecule has 0 spiro atoms. The number of thiazole rings is 1. The number of hydrogen-bond acceptors (Lipinski definition) is 8. The highest BCUT2D eigenvalue weighted by Gasteiger charge is 2.20. The van der Waals surface area contributed by atoms with Crippen LogP contribution in [0.1, 0.15) is 21.6 Å². The molecule has 2 aromatic carbocycles. The maximum Gasteiger partial charge on any atom is 0.212 e. The number of carbonyl (C=O) groups is 1. The highest BCUT2D eigenvalue weighted by Crippen LogP contribution is 2.39. The van der Waals surface area contributed by atoms with Gasteiger partial charge in [-0.05, 0) is 24.7 Å². The van der Waals surface area contributed by atoms with E-state index in [1.54, 1.807) is 17.5 Å². The fourth-order valence-electron chi connectivity index (χ4n) is 2.83. The maximum absolute atomic E-state index is 13.0. The lowest BCUT2D eigenvalue weighted by atomic mass is 10.1. The molecule has 0 atom stereocenters. The molecule has 0 unspecified atom stereocenters. The molecular formula is C21H23N3O4S. The van der Waals surface area contributed by atoms with Gasteiger partial charge in [-0.3, -0.25) is 15.6 Å². The Bertz CT molecular complexity index is 961. The van der Waals surface area contributed by atoms with Gasteiger partial charge in [-0.25, -0.2) is 4.98 Å². The van der Waals surface area contributed by atoms with Gasteiger partial charge < -0.3 is 14.2 Å². The van der Waals surface area contributed by atoms with Crippen LogP contribution in [0.15, 0.2) is 41.8 Å². The van der Waals surface area contributed by atoms with Crippen molar-refractivity contribution in [1.82, 2.24) is 15.8 Å². The van der Waals surface area contributed by atoms with E-state index < -0.39 is 0 Å². The third-order valence-electron chi connectivity index (χ3n) is 4.33. The van der Waals surface area contributed by atoms with Crippen molar-refractivity contribution in [1.29, 1.82) is 0 Å². The Kier molecular flexibility index (Phi) is 6.82. The molecule has 3 aromatic rings. The third kappa shape index (κ3) is 4.56. The molecule has 0 fully saturated rings. The Hall–Kier alpha value is -2.94. The molecule has 0 bridgehead atoms. The molecule has 152 valence electrons. The van der Waals surface area contributed by atoms with Crippen LogP contribution in [-0.2, 0) is 6.54 Å². The van der Waals surface area contributed by atoms with Crippen molar-refractivity contribution in [2.45, 2.75) is 6.54 Å². The fraction of sp³-hybridized carbons (Fsp3) is 0.238. The van der Waals surface area contributed by atoms with Crippen molar-refractivity contribution in [3.05, 3.63) is 58.6 Å². The van der Waals surface area contributed by atoms with Gasteiger partial charge in [0.25, 0.3) is 0 Å². The maximum atomic E-state index is 13.0. The molecule has 0 radical (unpaired) electrons. The molecule has 1 aromatic heterocycles. The SMILES string of the molecule is CNNCc1ccc(-c2nc(C(=O)c3cc(OC)c(OC)c(OC)c3)cs2)cc1. The number of methoxy groups -OCH3 is 3. The Morgan fingerprint density at radius 2 is 1.69 bits per heavy atom. The van der Waals surface area contributed by atoms with Gasteiger partial charge in [0.1, 0.15) is 10.7 Å². The van der Waals surface area contributed by atoms with Gasteiger partial charge in [0.05, 0.1) is 21.3 Å². The van der Waals surface area contributed by atoms with Crippen molar-refractivity contribution in [2.75, 3.05) is 28.4 Å². The largest absolute Gasteiger partial charge is 0.493 e. The van der Waals surface area contributed by atoms with Gasteiger partial charge in [0.2, 0.25) is 11.5 Å². The lowest BCUT2D eigenvalue weighted by Gasteiger charge is -2.13. The molecule has 0 aliphatic carbocycles. The number of benzene rings is 2. The highest BCUT2D eigenvalue weighted by molar-refractivity contribution is 7.13. The van der Waals surface area contributed by atoms with E-state index in [4.69, 9.17) is 14.2 Å². The van der Waals surface area contributed by atoms with Crippen LogP contribution in [0.2, 0.25) is 0 Å². The summed E-state index contributed by atoms with van der Waals surface area (Å²) in [5, 5.41) is 2.55. The van der Waals surface area contributed by atoms with E-state index >= 15 is 0 Å². The third-order valence-corrected chi connectivity index (χ3v) is 5.23. The zero-order valence-electron chi connectivity index (χ0n) is 16.7. The lowest BCUT2D eigenvalue weighted by molar-refractivity contribution is 0.103. The van der Waals surface area contributed by atoms with E-state index in [0.717, 1.165) is 22.7 Å². The Labute approximate surface area is 173 Å². The first-order valence-corrected chi connectivity index (χ1v) is 9.78. The lowest BCUT2D eigenvalue weighted by Crippen LogP contribution is -2.26. The zero-order valence-corrected chi connectivity index (χ0v) is 17.6. The van der Waals surface area contributed by atoms with Crippen molar-refractivity contribution >= 4 is 17.1 Å². The molecule has 29 heavy (non-hydrogen) atoms. The summed E-state index contributed by atoms with van der Waals surface area (Å²) in [5.41, 5.74) is 8.85. The van der Waals surface area contributed by atoms with Crippen molar-refractivity contribution < 1.29 is 19.0 Å². The minimum Gasteiger partial charge on any atom is -0.493 e. The zero-order chi connectivity index (χ0) is 20.8. The second-order valence-electron chi connectivity index (χ2n) is 6.08. The van der Waals surface area contributed by atoms with Crippen LogP contribution in [0.25, 0.3) is 10.6 Å². The molecule has 2 N–H and O–H groups in total. The number of rotatable bonds is 9. The average Bonchev–Trinajstić information content (AvgIpc) is 3.26. The molecule has 0 aliphatic heterocycles. The summed E-state index contributed by atoms with van der Waals surface area (Å²) in [7, 11) is 6.38. The number of ether oxygens (including phenoxy) is 3. The quantitative estimate of drug-likeness (QED) is 0.411. The molecule has 0 amide bonds. The van der Waals surface area contributed by atoms with Crippen LogP contribution < -0.4 is 25.1 Å². The average molecular weight is 413 g/mol. The van der Waals surface area contributed by atoms with Crippen LogP contribution in [0.4, 0.5) is 0 Å². The Morgan fingerprint density at radius 1 is 1.03 bits per heavy atom. The van der Waals surface area contributed by atoms with Gasteiger partial charge in [-0.1, -0.05) is 24.3 Å². The van der Waals surface area contributed by atoms with Crippen LogP contribution >= 0.6 is 11.3 Å². The molecule has 3 rings (SSSR count). The summed E-state index contributed by atoms with van der Waals surface area (Å²) in [6.45, 7) is 0.722. The van der Waals surface area contributed by atoms with Gasteiger partial charge >= 0.3 is 0 Å². The van der Waals surface area contributed by atoms with Crippen molar-refractivity contribution in [3.8, 4) is 27.8 Å². The monoisotopic (exact) mass is 413 g/mol. The summed E-state index contributed by atoms with van der Waals surface area (Å²) >= 11 is 1.43. The summed E-state index contributed by atoms with van der Waals surface area (Å²) in [6.07, 6.45) is 0. The predicted molar refractivity (Wildman–Crippen MR) is 113 cm³/mol.